The predicted molar refractivity (Wildman–Crippen MR) is 85.1 cm³/mol. The maximum Gasteiger partial charge on any atom is 0.123 e. The van der Waals surface area contributed by atoms with Gasteiger partial charge in [-0.2, -0.15) is 0 Å². The van der Waals surface area contributed by atoms with Crippen LogP contribution in [0.25, 0.3) is 0 Å². The molecule has 0 aliphatic carbocycles. The molecule has 0 aromatic heterocycles. The molecule has 0 heterocycles. The summed E-state index contributed by atoms with van der Waals surface area (Å²) < 4.78 is 14.2. The first-order chi connectivity index (χ1) is 9.59. The van der Waals surface area contributed by atoms with Gasteiger partial charge in [-0.3, -0.25) is 0 Å². The smallest absolute Gasteiger partial charge is 0.123 e. The Balaban J connectivity index is 2.33. The summed E-state index contributed by atoms with van der Waals surface area (Å²) in [4.78, 5) is 0. The summed E-state index contributed by atoms with van der Waals surface area (Å²) in [6.45, 7) is -0.387. The van der Waals surface area contributed by atoms with E-state index in [2.05, 4.69) is 22.6 Å². The van der Waals surface area contributed by atoms with Crippen LogP contribution in [0.2, 0.25) is 0 Å². The van der Waals surface area contributed by atoms with Crippen molar-refractivity contribution >= 4 is 22.6 Å². The number of halogens is 2. The number of benzene rings is 2. The molecule has 0 saturated carbocycles. The van der Waals surface area contributed by atoms with Gasteiger partial charge in [-0.1, -0.05) is 24.3 Å². The monoisotopic (exact) mass is 386 g/mol. The third-order valence-electron chi connectivity index (χ3n) is 3.52. The second-order valence-electron chi connectivity index (χ2n) is 4.91. The van der Waals surface area contributed by atoms with Crippen LogP contribution in [-0.2, 0) is 11.8 Å². The summed E-state index contributed by atoms with van der Waals surface area (Å²) in [5, 5.41) is 19.5. The summed E-state index contributed by atoms with van der Waals surface area (Å²) in [6, 6.07) is 13.9. The van der Waals surface area contributed by atoms with Crippen molar-refractivity contribution in [2.45, 2.75) is 11.8 Å². The van der Waals surface area contributed by atoms with E-state index in [0.29, 0.717) is 6.42 Å². The van der Waals surface area contributed by atoms with Crippen LogP contribution in [0.4, 0.5) is 4.39 Å². The molecular formula is C16H16FIO2. The number of aliphatic hydroxyl groups is 2. The highest BCUT2D eigenvalue weighted by molar-refractivity contribution is 14.1. The molecule has 0 aliphatic heterocycles. The number of hydrogen-bond acceptors (Lipinski definition) is 2. The maximum atomic E-state index is 13.0. The fourth-order valence-electron chi connectivity index (χ4n) is 2.24. The zero-order valence-corrected chi connectivity index (χ0v) is 13.0. The molecule has 2 rings (SSSR count). The molecule has 0 saturated heterocycles. The molecule has 2 nitrogen and oxygen atoms in total. The fourth-order valence-corrected chi connectivity index (χ4v) is 2.60. The van der Waals surface area contributed by atoms with Gasteiger partial charge in [0.2, 0.25) is 0 Å². The third kappa shape index (κ3) is 3.37. The van der Waals surface area contributed by atoms with Crippen LogP contribution < -0.4 is 0 Å². The highest BCUT2D eigenvalue weighted by Gasteiger charge is 2.31. The van der Waals surface area contributed by atoms with Crippen molar-refractivity contribution in [2.75, 3.05) is 13.2 Å². The Morgan fingerprint density at radius 2 is 1.45 bits per heavy atom. The summed E-state index contributed by atoms with van der Waals surface area (Å²) in [6.07, 6.45) is 0.503. The Hall–Kier alpha value is -0.980. The normalized spacial score (nSPS) is 11.6. The minimum atomic E-state index is -0.791. The van der Waals surface area contributed by atoms with Crippen molar-refractivity contribution in [1.82, 2.24) is 0 Å². The third-order valence-corrected chi connectivity index (χ3v) is 4.24. The van der Waals surface area contributed by atoms with Crippen LogP contribution in [0.1, 0.15) is 11.1 Å². The summed E-state index contributed by atoms with van der Waals surface area (Å²) >= 11 is 2.23. The lowest BCUT2D eigenvalue weighted by Gasteiger charge is -2.30. The number of rotatable bonds is 5. The van der Waals surface area contributed by atoms with Gasteiger partial charge >= 0.3 is 0 Å². The van der Waals surface area contributed by atoms with Crippen LogP contribution in [0.3, 0.4) is 0 Å². The highest BCUT2D eigenvalue weighted by Crippen LogP contribution is 2.28. The Labute approximate surface area is 131 Å². The van der Waals surface area contributed by atoms with Gasteiger partial charge in [0, 0.05) is 8.99 Å². The largest absolute Gasteiger partial charge is 0.395 e. The first-order valence-electron chi connectivity index (χ1n) is 6.32. The van der Waals surface area contributed by atoms with Crippen molar-refractivity contribution < 1.29 is 14.6 Å². The Bertz CT molecular complexity index is 548. The van der Waals surface area contributed by atoms with E-state index < -0.39 is 5.41 Å². The molecule has 0 amide bonds. The molecule has 0 fully saturated rings. The number of aliphatic hydroxyl groups excluding tert-OH is 2. The Morgan fingerprint density at radius 3 is 1.95 bits per heavy atom. The molecule has 20 heavy (non-hydrogen) atoms. The average molecular weight is 386 g/mol. The lowest BCUT2D eigenvalue weighted by molar-refractivity contribution is 0.116. The molecule has 0 bridgehead atoms. The SMILES string of the molecule is OCC(CO)(Cc1ccc(I)cc1)c1ccc(F)cc1. The van der Waals surface area contributed by atoms with Gasteiger partial charge in [0.05, 0.1) is 13.2 Å². The van der Waals surface area contributed by atoms with Crippen LogP contribution in [0.5, 0.6) is 0 Å². The Morgan fingerprint density at radius 1 is 0.900 bits per heavy atom. The van der Waals surface area contributed by atoms with E-state index in [1.165, 1.54) is 12.1 Å². The van der Waals surface area contributed by atoms with Crippen molar-refractivity contribution in [3.63, 3.8) is 0 Å². The first-order valence-corrected chi connectivity index (χ1v) is 7.40. The van der Waals surface area contributed by atoms with Crippen LogP contribution in [-0.4, -0.2) is 23.4 Å². The zero-order valence-electron chi connectivity index (χ0n) is 10.9. The maximum absolute atomic E-state index is 13.0. The minimum Gasteiger partial charge on any atom is -0.395 e. The quantitative estimate of drug-likeness (QED) is 0.776. The molecule has 0 radical (unpaired) electrons. The summed E-state index contributed by atoms with van der Waals surface area (Å²) in [5.41, 5.74) is 0.973. The molecule has 0 spiro atoms. The van der Waals surface area contributed by atoms with E-state index in [0.717, 1.165) is 14.7 Å². The molecular weight excluding hydrogens is 370 g/mol. The van der Waals surface area contributed by atoms with Gasteiger partial charge in [0.1, 0.15) is 5.82 Å². The number of hydrogen-bond donors (Lipinski definition) is 2. The second kappa shape index (κ2) is 6.65. The summed E-state index contributed by atoms with van der Waals surface area (Å²) in [7, 11) is 0. The first kappa shape index (κ1) is 15.4. The van der Waals surface area contributed by atoms with Crippen molar-refractivity contribution in [3.05, 3.63) is 69.0 Å². The molecule has 2 aromatic rings. The molecule has 0 atom stereocenters. The standard InChI is InChI=1S/C16H16FIO2/c17-14-5-3-13(4-6-14)16(10-19,11-20)9-12-1-7-15(18)8-2-12/h1-8,19-20H,9-11H2. The predicted octanol–water partition coefficient (Wildman–Crippen LogP) is 2.90. The van der Waals surface area contributed by atoms with Crippen LogP contribution in [0, 0.1) is 9.39 Å². The van der Waals surface area contributed by atoms with Gasteiger partial charge in [0.25, 0.3) is 0 Å². The van der Waals surface area contributed by atoms with Crippen LogP contribution >= 0.6 is 22.6 Å². The Kier molecular flexibility index (Phi) is 5.12. The molecule has 106 valence electrons. The zero-order chi connectivity index (χ0) is 14.6. The van der Waals surface area contributed by atoms with Crippen molar-refractivity contribution in [2.24, 2.45) is 0 Å². The summed E-state index contributed by atoms with van der Waals surface area (Å²) in [5.74, 6) is -0.326. The van der Waals surface area contributed by atoms with Crippen molar-refractivity contribution in [1.29, 1.82) is 0 Å². The lowest BCUT2D eigenvalue weighted by atomic mass is 9.77. The minimum absolute atomic E-state index is 0.193. The van der Waals surface area contributed by atoms with Crippen molar-refractivity contribution in [3.8, 4) is 0 Å². The molecule has 4 heteroatoms. The van der Waals surface area contributed by atoms with E-state index in [1.54, 1.807) is 12.1 Å². The van der Waals surface area contributed by atoms with Crippen LogP contribution in [0.15, 0.2) is 48.5 Å². The van der Waals surface area contributed by atoms with Gasteiger partial charge < -0.3 is 10.2 Å². The fraction of sp³-hybridized carbons (Fsp3) is 0.250. The average Bonchev–Trinajstić information content (AvgIpc) is 2.48. The van der Waals surface area contributed by atoms with Gasteiger partial charge in [-0.25, -0.2) is 4.39 Å². The van der Waals surface area contributed by atoms with E-state index in [1.807, 2.05) is 24.3 Å². The van der Waals surface area contributed by atoms with E-state index in [9.17, 15) is 14.6 Å². The van der Waals surface area contributed by atoms with E-state index >= 15 is 0 Å². The molecule has 2 N–H and O–H groups in total. The molecule has 0 aliphatic rings. The lowest BCUT2D eigenvalue weighted by Crippen LogP contribution is -2.37. The van der Waals surface area contributed by atoms with E-state index in [-0.39, 0.29) is 19.0 Å². The topological polar surface area (TPSA) is 40.5 Å². The molecule has 0 unspecified atom stereocenters. The second-order valence-corrected chi connectivity index (χ2v) is 6.15. The van der Waals surface area contributed by atoms with Gasteiger partial charge in [0.15, 0.2) is 0 Å². The van der Waals surface area contributed by atoms with E-state index in [4.69, 9.17) is 0 Å². The highest BCUT2D eigenvalue weighted by atomic mass is 127. The van der Waals surface area contributed by atoms with Gasteiger partial charge in [-0.05, 0) is 64.4 Å². The molecule has 2 aromatic carbocycles. The van der Waals surface area contributed by atoms with Gasteiger partial charge in [-0.15, -0.1) is 0 Å².